The number of hydrogen-bond donors (Lipinski definition) is 1. The van der Waals surface area contributed by atoms with Gasteiger partial charge in [0.25, 0.3) is 0 Å². The molecule has 0 amide bonds. The Morgan fingerprint density at radius 3 is 1.96 bits per heavy atom. The molecule has 0 radical (unpaired) electrons. The smallest absolute Gasteiger partial charge is 0.148 e. The van der Waals surface area contributed by atoms with Crippen LogP contribution in [0.3, 0.4) is 0 Å². The Kier molecular flexibility index (Phi) is 9.22. The molecule has 0 fully saturated rings. The Labute approximate surface area is 303 Å². The van der Waals surface area contributed by atoms with Crippen molar-refractivity contribution in [2.24, 2.45) is 0 Å². The normalized spacial score (nSPS) is 11.8. The summed E-state index contributed by atoms with van der Waals surface area (Å²) in [7, 11) is 0. The van der Waals surface area contributed by atoms with E-state index in [0.29, 0.717) is 11.4 Å². The topological polar surface area (TPSA) is 50.9 Å². The molecular weight excluding hydrogens is 782 g/mol. The van der Waals surface area contributed by atoms with Crippen LogP contribution in [-0.4, -0.2) is 19.6 Å². The predicted octanol–water partition coefficient (Wildman–Crippen LogP) is 11.2. The number of aromatic hydroxyl groups is 1. The fourth-order valence-corrected chi connectivity index (χ4v) is 6.20. The van der Waals surface area contributed by atoms with Gasteiger partial charge in [-0.2, -0.15) is 0 Å². The summed E-state index contributed by atoms with van der Waals surface area (Å²) in [5, 5.41) is 11.5. The summed E-state index contributed by atoms with van der Waals surface area (Å²) in [6.45, 7) is 13.4. The Bertz CT molecular complexity index is 2260. The molecule has 2 heterocycles. The zero-order valence-electron chi connectivity index (χ0n) is 28.7. The summed E-state index contributed by atoms with van der Waals surface area (Å²) in [5.41, 5.74) is 11.5. The number of phenolic OH excluding ortho intramolecular Hbond substituents is 1. The van der Waals surface area contributed by atoms with Crippen molar-refractivity contribution in [1.82, 2.24) is 14.5 Å². The molecule has 0 saturated heterocycles. The largest absolute Gasteiger partial charge is 0.507 e. The molecule has 49 heavy (non-hydrogen) atoms. The van der Waals surface area contributed by atoms with E-state index in [2.05, 4.69) is 107 Å². The van der Waals surface area contributed by atoms with Crippen LogP contribution in [0.2, 0.25) is 0 Å². The van der Waals surface area contributed by atoms with Gasteiger partial charge in [0.1, 0.15) is 11.6 Å². The zero-order chi connectivity index (χ0) is 33.6. The van der Waals surface area contributed by atoms with Gasteiger partial charge >= 0.3 is 0 Å². The molecule has 5 aromatic carbocycles. The van der Waals surface area contributed by atoms with Crippen molar-refractivity contribution in [3.8, 4) is 56.3 Å². The van der Waals surface area contributed by atoms with Gasteiger partial charge in [0.2, 0.25) is 0 Å². The zero-order valence-corrected chi connectivity index (χ0v) is 31.0. The number of fused-ring (bicyclic) bond motifs is 1. The first-order chi connectivity index (χ1) is 23.0. The van der Waals surface area contributed by atoms with Crippen molar-refractivity contribution in [3.63, 3.8) is 0 Å². The number of nitrogens with zero attached hydrogens (tertiary/aromatic N) is 3. The minimum atomic E-state index is -0.102. The maximum Gasteiger partial charge on any atom is 0.148 e. The van der Waals surface area contributed by atoms with Crippen LogP contribution in [0, 0.1) is 6.07 Å². The average molecular weight is 822 g/mol. The number of rotatable bonds is 5. The van der Waals surface area contributed by atoms with Crippen molar-refractivity contribution < 1.29 is 26.2 Å². The Morgan fingerprint density at radius 2 is 1.29 bits per heavy atom. The molecule has 0 aliphatic carbocycles. The van der Waals surface area contributed by atoms with Crippen LogP contribution in [0.1, 0.15) is 52.7 Å². The second-order valence-corrected chi connectivity index (χ2v) is 14.5. The molecule has 0 aliphatic heterocycles. The van der Waals surface area contributed by atoms with E-state index in [1.54, 1.807) is 0 Å². The standard InChI is InChI=1S/C44H40N3O.Pt/c1-43(2,3)33-22-23-45-38(28-33)32-24-31(25-34(26-32)44(4,5)6)36-18-13-19-39-41(36)46-42(47(39)35-16-11-8-12-17-35)37-21-20-30(27-40(37)48)29-14-9-7-10-15-29;/h7-23,25-28,48H,1-6H3;/q-1;. The number of imidazole rings is 1. The van der Waals surface area contributed by atoms with Gasteiger partial charge in [0, 0.05) is 38.6 Å². The molecule has 5 heteroatoms. The second kappa shape index (κ2) is 13.3. The van der Waals surface area contributed by atoms with Crippen molar-refractivity contribution in [2.75, 3.05) is 0 Å². The van der Waals surface area contributed by atoms with Crippen LogP contribution in [0.4, 0.5) is 0 Å². The van der Waals surface area contributed by atoms with Crippen LogP contribution in [0.25, 0.3) is 61.6 Å². The average Bonchev–Trinajstić information content (AvgIpc) is 3.47. The molecule has 248 valence electrons. The second-order valence-electron chi connectivity index (χ2n) is 14.5. The molecule has 7 aromatic rings. The summed E-state index contributed by atoms with van der Waals surface area (Å²) in [6, 6.07) is 44.9. The number of pyridine rings is 1. The van der Waals surface area contributed by atoms with Crippen molar-refractivity contribution in [2.45, 2.75) is 52.4 Å². The maximum atomic E-state index is 11.5. The minimum Gasteiger partial charge on any atom is -0.507 e. The van der Waals surface area contributed by atoms with E-state index in [1.807, 2.05) is 72.9 Å². The van der Waals surface area contributed by atoms with Crippen LogP contribution >= 0.6 is 0 Å². The Morgan fingerprint density at radius 1 is 0.612 bits per heavy atom. The monoisotopic (exact) mass is 821 g/mol. The maximum absolute atomic E-state index is 11.5. The Hall–Kier alpha value is -4.79. The minimum absolute atomic E-state index is 0. The van der Waals surface area contributed by atoms with Gasteiger partial charge in [-0.15, -0.1) is 29.3 Å². The molecule has 7 rings (SSSR count). The van der Waals surface area contributed by atoms with Gasteiger partial charge in [-0.3, -0.25) is 9.55 Å². The van der Waals surface area contributed by atoms with Crippen LogP contribution in [0.5, 0.6) is 5.75 Å². The molecule has 0 saturated carbocycles. The van der Waals surface area contributed by atoms with E-state index in [0.717, 1.165) is 50.2 Å². The summed E-state index contributed by atoms with van der Waals surface area (Å²) in [6.07, 6.45) is 1.90. The number of hydrogen-bond acceptors (Lipinski definition) is 3. The summed E-state index contributed by atoms with van der Waals surface area (Å²) < 4.78 is 2.14. The molecule has 2 aromatic heterocycles. The van der Waals surface area contributed by atoms with Crippen molar-refractivity contribution >= 4 is 11.0 Å². The molecule has 0 bridgehead atoms. The quantitative estimate of drug-likeness (QED) is 0.176. The molecule has 1 N–H and O–H groups in total. The fourth-order valence-electron chi connectivity index (χ4n) is 6.20. The fraction of sp³-hybridized carbons (Fsp3) is 0.182. The van der Waals surface area contributed by atoms with E-state index in [9.17, 15) is 5.11 Å². The third-order valence-electron chi connectivity index (χ3n) is 8.97. The van der Waals surface area contributed by atoms with Crippen molar-refractivity contribution in [1.29, 1.82) is 0 Å². The first-order valence-electron chi connectivity index (χ1n) is 16.5. The predicted molar refractivity (Wildman–Crippen MR) is 199 cm³/mol. The van der Waals surface area contributed by atoms with Gasteiger partial charge in [0.15, 0.2) is 0 Å². The SMILES string of the molecule is CC(C)(C)c1cc(-c2cc(C(C)(C)C)ccn2)[c-]c(-c2cccc3c2nc(-c2ccc(-c4ccccc4)cc2O)n3-c2ccccc2)c1.[Pt]. The number of aromatic nitrogens is 3. The van der Waals surface area contributed by atoms with Gasteiger partial charge in [0.05, 0.1) is 16.6 Å². The first kappa shape index (κ1) is 34.1. The van der Waals surface area contributed by atoms with Gasteiger partial charge in [-0.25, -0.2) is 4.98 Å². The molecule has 0 atom stereocenters. The third-order valence-corrected chi connectivity index (χ3v) is 8.97. The third kappa shape index (κ3) is 6.76. The van der Waals surface area contributed by atoms with Gasteiger partial charge in [-0.1, -0.05) is 125 Å². The van der Waals surface area contributed by atoms with E-state index >= 15 is 0 Å². The summed E-state index contributed by atoms with van der Waals surface area (Å²) in [5.74, 6) is 0.853. The molecule has 0 aliphatic rings. The van der Waals surface area contributed by atoms with Crippen LogP contribution in [-0.2, 0) is 31.9 Å². The number of benzene rings is 5. The summed E-state index contributed by atoms with van der Waals surface area (Å²) >= 11 is 0. The van der Waals surface area contributed by atoms with E-state index < -0.39 is 0 Å². The van der Waals surface area contributed by atoms with Crippen molar-refractivity contribution in [3.05, 3.63) is 145 Å². The van der Waals surface area contributed by atoms with Crippen LogP contribution < -0.4 is 0 Å². The van der Waals surface area contributed by atoms with E-state index in [1.165, 1.54) is 11.1 Å². The van der Waals surface area contributed by atoms with E-state index in [-0.39, 0.29) is 37.6 Å². The molecular formula is C44H40N3OPt-. The van der Waals surface area contributed by atoms with E-state index in [4.69, 9.17) is 9.97 Å². The number of para-hydroxylation sites is 2. The van der Waals surface area contributed by atoms with Gasteiger partial charge < -0.3 is 5.11 Å². The number of phenols is 1. The molecule has 4 nitrogen and oxygen atoms in total. The molecule has 0 unspecified atom stereocenters. The molecule has 0 spiro atoms. The van der Waals surface area contributed by atoms with Gasteiger partial charge in [-0.05, 0) is 63.9 Å². The first-order valence-corrected chi connectivity index (χ1v) is 16.5. The van der Waals surface area contributed by atoms with Crippen LogP contribution in [0.15, 0.2) is 128 Å². The Balaban J connectivity index is 0.00000417. The summed E-state index contributed by atoms with van der Waals surface area (Å²) in [4.78, 5) is 10.1.